The number of rotatable bonds is 2. The van der Waals surface area contributed by atoms with Gasteiger partial charge in [-0.25, -0.2) is 4.98 Å². The Bertz CT molecular complexity index is 760. The molecule has 1 atom stereocenters. The average molecular weight is 290 g/mol. The van der Waals surface area contributed by atoms with Crippen molar-refractivity contribution < 1.29 is 13.2 Å². The van der Waals surface area contributed by atoms with Crippen LogP contribution >= 0.6 is 0 Å². The second-order valence-electron chi connectivity index (χ2n) is 4.88. The zero-order valence-corrected chi connectivity index (χ0v) is 11.3. The Hall–Kier alpha value is -2.30. The summed E-state index contributed by atoms with van der Waals surface area (Å²) in [7, 11) is 0. The molecule has 0 bridgehead atoms. The van der Waals surface area contributed by atoms with Crippen molar-refractivity contribution in [1.29, 1.82) is 0 Å². The van der Waals surface area contributed by atoms with Crippen molar-refractivity contribution in [2.75, 3.05) is 0 Å². The van der Waals surface area contributed by atoms with E-state index in [-0.39, 0.29) is 0 Å². The first-order chi connectivity index (χ1) is 9.98. The SMILES string of the molecule is C[C@@H](c1ccccc1)n1c(C(F)(F)F)nc2ccccc21. The van der Waals surface area contributed by atoms with Crippen LogP contribution in [0.15, 0.2) is 54.6 Å². The Morgan fingerprint density at radius 2 is 1.57 bits per heavy atom. The molecule has 108 valence electrons. The third kappa shape index (κ3) is 2.39. The third-order valence-corrected chi connectivity index (χ3v) is 3.52. The summed E-state index contributed by atoms with van der Waals surface area (Å²) in [5, 5.41) is 0. The monoisotopic (exact) mass is 290 g/mol. The van der Waals surface area contributed by atoms with E-state index in [0.29, 0.717) is 11.0 Å². The minimum Gasteiger partial charge on any atom is -0.313 e. The van der Waals surface area contributed by atoms with Gasteiger partial charge < -0.3 is 4.57 Å². The van der Waals surface area contributed by atoms with Crippen LogP contribution < -0.4 is 0 Å². The summed E-state index contributed by atoms with van der Waals surface area (Å²) in [6, 6.07) is 15.3. The predicted molar refractivity (Wildman–Crippen MR) is 75.0 cm³/mol. The first kappa shape index (κ1) is 13.7. The summed E-state index contributed by atoms with van der Waals surface area (Å²) in [5.41, 5.74) is 1.65. The molecule has 2 nitrogen and oxygen atoms in total. The van der Waals surface area contributed by atoms with Gasteiger partial charge in [0, 0.05) is 0 Å². The van der Waals surface area contributed by atoms with Gasteiger partial charge in [-0.3, -0.25) is 0 Å². The molecule has 3 aromatic rings. The minimum atomic E-state index is -4.48. The number of nitrogens with zero attached hydrogens (tertiary/aromatic N) is 2. The Kier molecular flexibility index (Phi) is 3.20. The molecule has 0 fully saturated rings. The Morgan fingerprint density at radius 1 is 0.952 bits per heavy atom. The van der Waals surface area contributed by atoms with Crippen molar-refractivity contribution in [2.24, 2.45) is 0 Å². The molecule has 1 aromatic heterocycles. The molecule has 21 heavy (non-hydrogen) atoms. The van der Waals surface area contributed by atoms with Crippen molar-refractivity contribution in [1.82, 2.24) is 9.55 Å². The lowest BCUT2D eigenvalue weighted by Gasteiger charge is -2.19. The number of halogens is 3. The average Bonchev–Trinajstić information content (AvgIpc) is 2.87. The molecule has 0 aliphatic rings. The van der Waals surface area contributed by atoms with Crippen molar-refractivity contribution in [2.45, 2.75) is 19.1 Å². The standard InChI is InChI=1S/C16H13F3N2/c1-11(12-7-3-2-4-8-12)21-14-10-6-5-9-13(14)20-15(21)16(17,18)19/h2-11H,1H3/t11-/m0/s1. The van der Waals surface area contributed by atoms with Crippen LogP contribution in [0.25, 0.3) is 11.0 Å². The first-order valence-corrected chi connectivity index (χ1v) is 6.57. The van der Waals surface area contributed by atoms with Gasteiger partial charge in [0.05, 0.1) is 17.1 Å². The quantitative estimate of drug-likeness (QED) is 0.671. The van der Waals surface area contributed by atoms with E-state index in [0.717, 1.165) is 5.56 Å². The molecule has 0 unspecified atom stereocenters. The summed E-state index contributed by atoms with van der Waals surface area (Å²) < 4.78 is 41.1. The van der Waals surface area contributed by atoms with E-state index in [1.165, 1.54) is 4.57 Å². The smallest absolute Gasteiger partial charge is 0.313 e. The van der Waals surface area contributed by atoms with E-state index >= 15 is 0 Å². The third-order valence-electron chi connectivity index (χ3n) is 3.52. The maximum atomic E-state index is 13.3. The van der Waals surface area contributed by atoms with Crippen LogP contribution in [-0.2, 0) is 6.18 Å². The summed E-state index contributed by atoms with van der Waals surface area (Å²) in [6.07, 6.45) is -4.48. The topological polar surface area (TPSA) is 17.8 Å². The molecule has 0 saturated carbocycles. The van der Waals surface area contributed by atoms with Gasteiger partial charge in [-0.2, -0.15) is 13.2 Å². The predicted octanol–water partition coefficient (Wildman–Crippen LogP) is 4.66. The fraction of sp³-hybridized carbons (Fsp3) is 0.188. The molecular weight excluding hydrogens is 277 g/mol. The number of para-hydroxylation sites is 2. The molecular formula is C16H13F3N2. The fourth-order valence-corrected chi connectivity index (χ4v) is 2.52. The number of alkyl halides is 3. The van der Waals surface area contributed by atoms with Gasteiger partial charge >= 0.3 is 6.18 Å². The Morgan fingerprint density at radius 3 is 2.24 bits per heavy atom. The van der Waals surface area contributed by atoms with Gasteiger partial charge in [0.1, 0.15) is 0 Å². The van der Waals surface area contributed by atoms with E-state index in [9.17, 15) is 13.2 Å². The lowest BCUT2D eigenvalue weighted by molar-refractivity contribution is -0.147. The lowest BCUT2D eigenvalue weighted by Crippen LogP contribution is -2.18. The molecule has 0 radical (unpaired) electrons. The molecule has 3 rings (SSSR count). The summed E-state index contributed by atoms with van der Waals surface area (Å²) in [4.78, 5) is 3.77. The number of aromatic nitrogens is 2. The van der Waals surface area contributed by atoms with Gasteiger partial charge in [-0.05, 0) is 24.6 Å². The molecule has 0 N–H and O–H groups in total. The number of fused-ring (bicyclic) bond motifs is 1. The lowest BCUT2D eigenvalue weighted by atomic mass is 10.1. The number of imidazole rings is 1. The van der Waals surface area contributed by atoms with Gasteiger partial charge in [0.25, 0.3) is 0 Å². The van der Waals surface area contributed by atoms with Crippen molar-refractivity contribution in [3.8, 4) is 0 Å². The van der Waals surface area contributed by atoms with E-state index in [4.69, 9.17) is 0 Å². The molecule has 0 saturated heterocycles. The zero-order chi connectivity index (χ0) is 15.0. The number of benzene rings is 2. The second kappa shape index (κ2) is 4.91. The van der Waals surface area contributed by atoms with Crippen LogP contribution in [0.1, 0.15) is 24.4 Å². The second-order valence-corrected chi connectivity index (χ2v) is 4.88. The zero-order valence-electron chi connectivity index (χ0n) is 11.3. The molecule has 0 aliphatic heterocycles. The van der Waals surface area contributed by atoms with Crippen LogP contribution in [0.5, 0.6) is 0 Å². The highest BCUT2D eigenvalue weighted by molar-refractivity contribution is 5.76. The Balaban J connectivity index is 2.25. The normalized spacial score (nSPS) is 13.5. The summed E-state index contributed by atoms with van der Waals surface area (Å²) in [6.45, 7) is 1.75. The fourth-order valence-electron chi connectivity index (χ4n) is 2.52. The largest absolute Gasteiger partial charge is 0.449 e. The van der Waals surface area contributed by atoms with Gasteiger partial charge in [-0.1, -0.05) is 42.5 Å². The van der Waals surface area contributed by atoms with Crippen LogP contribution in [0.4, 0.5) is 13.2 Å². The first-order valence-electron chi connectivity index (χ1n) is 6.57. The maximum Gasteiger partial charge on any atom is 0.449 e. The van der Waals surface area contributed by atoms with E-state index < -0.39 is 18.0 Å². The summed E-state index contributed by atoms with van der Waals surface area (Å²) >= 11 is 0. The van der Waals surface area contributed by atoms with Crippen LogP contribution in [-0.4, -0.2) is 9.55 Å². The highest BCUT2D eigenvalue weighted by atomic mass is 19.4. The van der Waals surface area contributed by atoms with E-state index in [2.05, 4.69) is 4.98 Å². The number of hydrogen-bond donors (Lipinski definition) is 0. The maximum absolute atomic E-state index is 13.3. The molecule has 0 aliphatic carbocycles. The van der Waals surface area contributed by atoms with E-state index in [1.54, 1.807) is 31.2 Å². The van der Waals surface area contributed by atoms with Crippen LogP contribution in [0, 0.1) is 0 Å². The van der Waals surface area contributed by atoms with Gasteiger partial charge in [0.15, 0.2) is 0 Å². The van der Waals surface area contributed by atoms with Crippen molar-refractivity contribution in [3.63, 3.8) is 0 Å². The van der Waals surface area contributed by atoms with Gasteiger partial charge in [-0.15, -0.1) is 0 Å². The van der Waals surface area contributed by atoms with Crippen LogP contribution in [0.3, 0.4) is 0 Å². The molecule has 2 aromatic carbocycles. The van der Waals surface area contributed by atoms with Crippen molar-refractivity contribution >= 4 is 11.0 Å². The van der Waals surface area contributed by atoms with Gasteiger partial charge in [0.2, 0.25) is 5.82 Å². The summed E-state index contributed by atoms with van der Waals surface area (Å²) in [5.74, 6) is -0.861. The Labute approximate surface area is 119 Å². The van der Waals surface area contributed by atoms with Crippen molar-refractivity contribution in [3.05, 3.63) is 66.0 Å². The highest BCUT2D eigenvalue weighted by Crippen LogP contribution is 2.35. The van der Waals surface area contributed by atoms with E-state index in [1.807, 2.05) is 30.3 Å². The highest BCUT2D eigenvalue weighted by Gasteiger charge is 2.38. The molecule has 1 heterocycles. The number of hydrogen-bond acceptors (Lipinski definition) is 1. The molecule has 0 amide bonds. The van der Waals surface area contributed by atoms with Crippen LogP contribution in [0.2, 0.25) is 0 Å². The molecule has 0 spiro atoms. The minimum absolute atomic E-state index is 0.354. The molecule has 5 heteroatoms.